The molecule has 0 aliphatic carbocycles. The number of hydrogen-bond donors (Lipinski definition) is 0. The highest BCUT2D eigenvalue weighted by atomic mass is 14.9. The molecule has 19 heavy (non-hydrogen) atoms. The lowest BCUT2D eigenvalue weighted by molar-refractivity contribution is 0.836. The minimum atomic E-state index is 0.705. The van der Waals surface area contributed by atoms with Gasteiger partial charge in [0.25, 0.3) is 0 Å². The Bertz CT molecular complexity index is 775. The largest absolute Gasteiger partial charge is 0.343 e. The Kier molecular flexibility index (Phi) is 2.81. The summed E-state index contributed by atoms with van der Waals surface area (Å²) in [5.41, 5.74) is 4.36. The van der Waals surface area contributed by atoms with Gasteiger partial charge in [0.15, 0.2) is 0 Å². The average molecular weight is 246 g/mol. The smallest absolute Gasteiger partial charge is 0.0992 e. The van der Waals surface area contributed by atoms with Gasteiger partial charge in [-0.05, 0) is 36.1 Å². The molecule has 0 aliphatic heterocycles. The normalized spacial score (nSPS) is 10.5. The number of benzene rings is 2. The third-order valence-electron chi connectivity index (χ3n) is 3.34. The molecule has 0 bridgehead atoms. The maximum atomic E-state index is 8.99. The van der Waals surface area contributed by atoms with Gasteiger partial charge in [0.1, 0.15) is 0 Å². The predicted molar refractivity (Wildman–Crippen MR) is 76.9 cm³/mol. The van der Waals surface area contributed by atoms with Gasteiger partial charge < -0.3 is 4.57 Å². The number of hydrogen-bond acceptors (Lipinski definition) is 1. The van der Waals surface area contributed by atoms with E-state index in [0.29, 0.717) is 5.56 Å². The van der Waals surface area contributed by atoms with Crippen molar-refractivity contribution in [2.45, 2.75) is 13.5 Å². The third-order valence-corrected chi connectivity index (χ3v) is 3.34. The van der Waals surface area contributed by atoms with Crippen molar-refractivity contribution in [3.05, 3.63) is 71.4 Å². The van der Waals surface area contributed by atoms with E-state index < -0.39 is 0 Å². The summed E-state index contributed by atoms with van der Waals surface area (Å²) in [5.74, 6) is 0. The summed E-state index contributed by atoms with van der Waals surface area (Å²) < 4.78 is 2.19. The second-order valence-corrected chi connectivity index (χ2v) is 4.82. The zero-order valence-electron chi connectivity index (χ0n) is 10.8. The van der Waals surface area contributed by atoms with Gasteiger partial charge in [-0.2, -0.15) is 5.26 Å². The molecule has 1 aromatic heterocycles. The molecule has 2 heteroatoms. The summed E-state index contributed by atoms with van der Waals surface area (Å²) in [5, 5.41) is 10.2. The number of fused-ring (bicyclic) bond motifs is 1. The van der Waals surface area contributed by atoms with Gasteiger partial charge >= 0.3 is 0 Å². The Morgan fingerprint density at radius 2 is 2.00 bits per heavy atom. The molecular formula is C17H14N2. The fourth-order valence-electron chi connectivity index (χ4n) is 2.40. The highest BCUT2D eigenvalue weighted by molar-refractivity contribution is 5.81. The lowest BCUT2D eigenvalue weighted by Gasteiger charge is -2.06. The highest BCUT2D eigenvalue weighted by Crippen LogP contribution is 2.19. The van der Waals surface area contributed by atoms with E-state index in [9.17, 15) is 0 Å². The van der Waals surface area contributed by atoms with Gasteiger partial charge in [-0.3, -0.25) is 0 Å². The van der Waals surface area contributed by atoms with Crippen molar-refractivity contribution in [3.8, 4) is 6.07 Å². The van der Waals surface area contributed by atoms with Crippen molar-refractivity contribution in [3.63, 3.8) is 0 Å². The van der Waals surface area contributed by atoms with Crippen molar-refractivity contribution >= 4 is 10.9 Å². The fraction of sp³-hybridized carbons (Fsp3) is 0.118. The van der Waals surface area contributed by atoms with E-state index in [4.69, 9.17) is 5.26 Å². The molecule has 0 saturated carbocycles. The summed E-state index contributed by atoms with van der Waals surface area (Å²) in [4.78, 5) is 0. The molecule has 0 saturated heterocycles. The Balaban J connectivity index is 2.03. The van der Waals surface area contributed by atoms with Gasteiger partial charge in [0.2, 0.25) is 0 Å². The van der Waals surface area contributed by atoms with Crippen molar-refractivity contribution in [1.82, 2.24) is 4.57 Å². The minimum Gasteiger partial charge on any atom is -0.343 e. The molecular weight excluding hydrogens is 232 g/mol. The summed E-state index contributed by atoms with van der Waals surface area (Å²) in [6.07, 6.45) is 2.08. The van der Waals surface area contributed by atoms with Crippen LogP contribution in [0.15, 0.2) is 54.7 Å². The van der Waals surface area contributed by atoms with Crippen LogP contribution in [0.1, 0.15) is 16.7 Å². The maximum absolute atomic E-state index is 8.99. The van der Waals surface area contributed by atoms with Crippen LogP contribution in [0, 0.1) is 18.3 Å². The van der Waals surface area contributed by atoms with E-state index in [1.807, 2.05) is 18.2 Å². The van der Waals surface area contributed by atoms with E-state index in [-0.39, 0.29) is 0 Å². The Morgan fingerprint density at radius 3 is 2.79 bits per heavy atom. The van der Waals surface area contributed by atoms with Crippen LogP contribution in [-0.4, -0.2) is 4.57 Å². The van der Waals surface area contributed by atoms with Gasteiger partial charge in [-0.15, -0.1) is 0 Å². The Hall–Kier alpha value is -2.53. The SMILES string of the molecule is Cc1cccc(Cn2ccc3ccc(C#N)cc32)c1. The molecule has 2 aromatic carbocycles. The first-order chi connectivity index (χ1) is 9.26. The summed E-state index contributed by atoms with van der Waals surface area (Å²) in [6, 6.07) is 18.6. The number of rotatable bonds is 2. The number of nitrogens with zero attached hydrogens (tertiary/aromatic N) is 2. The van der Waals surface area contributed by atoms with Crippen LogP contribution in [-0.2, 0) is 6.54 Å². The molecule has 0 atom stereocenters. The van der Waals surface area contributed by atoms with Crippen molar-refractivity contribution in [2.75, 3.05) is 0 Å². The quantitative estimate of drug-likeness (QED) is 0.674. The Labute approximate surface area is 112 Å². The van der Waals surface area contributed by atoms with Crippen LogP contribution in [0.4, 0.5) is 0 Å². The van der Waals surface area contributed by atoms with Gasteiger partial charge in [0, 0.05) is 18.3 Å². The predicted octanol–water partition coefficient (Wildman–Crippen LogP) is 3.87. The number of nitriles is 1. The van der Waals surface area contributed by atoms with Crippen molar-refractivity contribution < 1.29 is 0 Å². The third kappa shape index (κ3) is 2.23. The van der Waals surface area contributed by atoms with Crippen molar-refractivity contribution in [2.24, 2.45) is 0 Å². The molecule has 0 amide bonds. The number of aromatic nitrogens is 1. The molecule has 3 rings (SSSR count). The molecule has 0 fully saturated rings. The van der Waals surface area contributed by atoms with E-state index in [1.165, 1.54) is 16.5 Å². The molecule has 0 aliphatic rings. The lowest BCUT2D eigenvalue weighted by atomic mass is 10.1. The minimum absolute atomic E-state index is 0.705. The zero-order valence-corrected chi connectivity index (χ0v) is 10.8. The fourth-order valence-corrected chi connectivity index (χ4v) is 2.40. The van der Waals surface area contributed by atoms with Crippen LogP contribution >= 0.6 is 0 Å². The number of aryl methyl sites for hydroxylation is 1. The lowest BCUT2D eigenvalue weighted by Crippen LogP contribution is -1.98. The molecule has 3 aromatic rings. The van der Waals surface area contributed by atoms with Crippen LogP contribution in [0.3, 0.4) is 0 Å². The van der Waals surface area contributed by atoms with E-state index in [0.717, 1.165) is 12.1 Å². The zero-order chi connectivity index (χ0) is 13.2. The molecule has 92 valence electrons. The molecule has 0 spiro atoms. The second kappa shape index (κ2) is 4.62. The van der Waals surface area contributed by atoms with E-state index in [1.54, 1.807) is 0 Å². The second-order valence-electron chi connectivity index (χ2n) is 4.82. The van der Waals surface area contributed by atoms with Crippen LogP contribution in [0.2, 0.25) is 0 Å². The molecule has 0 unspecified atom stereocenters. The standard InChI is InChI=1S/C17H14N2/c1-13-3-2-4-15(9-13)12-19-8-7-16-6-5-14(11-18)10-17(16)19/h2-10H,12H2,1H3. The van der Waals surface area contributed by atoms with Crippen LogP contribution in [0.25, 0.3) is 10.9 Å². The molecule has 0 N–H and O–H groups in total. The summed E-state index contributed by atoms with van der Waals surface area (Å²) in [7, 11) is 0. The van der Waals surface area contributed by atoms with Gasteiger partial charge in [-0.1, -0.05) is 35.9 Å². The maximum Gasteiger partial charge on any atom is 0.0992 e. The van der Waals surface area contributed by atoms with Gasteiger partial charge in [0.05, 0.1) is 11.6 Å². The Morgan fingerprint density at radius 1 is 1.11 bits per heavy atom. The molecule has 2 nitrogen and oxygen atoms in total. The topological polar surface area (TPSA) is 28.7 Å². The van der Waals surface area contributed by atoms with Crippen LogP contribution in [0.5, 0.6) is 0 Å². The van der Waals surface area contributed by atoms with Crippen molar-refractivity contribution in [1.29, 1.82) is 5.26 Å². The highest BCUT2D eigenvalue weighted by Gasteiger charge is 2.03. The average Bonchev–Trinajstić information content (AvgIpc) is 2.81. The molecule has 0 radical (unpaired) electrons. The van der Waals surface area contributed by atoms with E-state index in [2.05, 4.69) is 54.1 Å². The monoisotopic (exact) mass is 246 g/mol. The molecule has 1 heterocycles. The summed E-state index contributed by atoms with van der Waals surface area (Å²) >= 11 is 0. The van der Waals surface area contributed by atoms with E-state index >= 15 is 0 Å². The summed E-state index contributed by atoms with van der Waals surface area (Å²) in [6.45, 7) is 2.94. The van der Waals surface area contributed by atoms with Crippen LogP contribution < -0.4 is 0 Å². The first kappa shape index (κ1) is 11.6. The first-order valence-electron chi connectivity index (χ1n) is 6.31. The first-order valence-corrected chi connectivity index (χ1v) is 6.31. The van der Waals surface area contributed by atoms with Gasteiger partial charge in [-0.25, -0.2) is 0 Å².